The number of hydrogen-bond donors (Lipinski definition) is 1. The van der Waals surface area contributed by atoms with E-state index in [9.17, 15) is 9.59 Å². The van der Waals surface area contributed by atoms with E-state index in [0.717, 1.165) is 42.3 Å². The monoisotopic (exact) mass is 429 g/mol. The van der Waals surface area contributed by atoms with Gasteiger partial charge in [0.25, 0.3) is 5.56 Å². The Kier molecular flexibility index (Phi) is 5.22. The van der Waals surface area contributed by atoms with Crippen molar-refractivity contribution in [2.45, 2.75) is 62.7 Å². The molecule has 0 radical (unpaired) electrons. The normalized spacial score (nSPS) is 16.6. The van der Waals surface area contributed by atoms with E-state index in [0.29, 0.717) is 23.5 Å². The number of nitrogens with zero attached hydrogens (tertiary/aromatic N) is 2. The van der Waals surface area contributed by atoms with Gasteiger partial charge in [0.15, 0.2) is 5.16 Å². The van der Waals surface area contributed by atoms with Gasteiger partial charge in [0, 0.05) is 10.9 Å². The van der Waals surface area contributed by atoms with Gasteiger partial charge in [-0.15, -0.1) is 11.3 Å². The summed E-state index contributed by atoms with van der Waals surface area (Å²) in [5, 5.41) is 4.45. The number of furan rings is 1. The van der Waals surface area contributed by atoms with Gasteiger partial charge in [-0.1, -0.05) is 24.6 Å². The van der Waals surface area contributed by atoms with Gasteiger partial charge in [-0.3, -0.25) is 14.2 Å². The standard InChI is InChI=1S/C21H23N3O3S2/c25-17(22-13-5-1-2-6-13)12-28-21-23-19-18(15-8-3-9-16(15)29-19)20(26)24(21)11-14-7-4-10-27-14/h4,7,10,13H,1-3,5-6,8-9,11-12H2,(H,22,25). The van der Waals surface area contributed by atoms with Crippen molar-refractivity contribution in [3.05, 3.63) is 45.0 Å². The molecule has 5 rings (SSSR count). The fourth-order valence-corrected chi connectivity index (χ4v) is 6.45. The van der Waals surface area contributed by atoms with E-state index in [1.54, 1.807) is 22.2 Å². The molecule has 2 aliphatic rings. The van der Waals surface area contributed by atoms with E-state index in [1.165, 1.54) is 35.0 Å². The van der Waals surface area contributed by atoms with E-state index in [-0.39, 0.29) is 17.2 Å². The smallest absolute Gasteiger partial charge is 0.263 e. The third kappa shape index (κ3) is 3.75. The molecule has 8 heteroatoms. The van der Waals surface area contributed by atoms with Crippen LogP contribution in [0.15, 0.2) is 32.8 Å². The number of thioether (sulfide) groups is 1. The molecule has 3 heterocycles. The lowest BCUT2D eigenvalue weighted by molar-refractivity contribution is -0.119. The zero-order valence-corrected chi connectivity index (χ0v) is 17.7. The van der Waals surface area contributed by atoms with Gasteiger partial charge in [0.1, 0.15) is 10.6 Å². The maximum Gasteiger partial charge on any atom is 0.263 e. The second kappa shape index (κ2) is 7.99. The number of carbonyl (C=O) groups is 1. The molecular formula is C21H23N3O3S2. The summed E-state index contributed by atoms with van der Waals surface area (Å²) >= 11 is 2.96. The highest BCUT2D eigenvalue weighted by atomic mass is 32.2. The van der Waals surface area contributed by atoms with Crippen LogP contribution < -0.4 is 10.9 Å². The first-order chi connectivity index (χ1) is 14.2. The van der Waals surface area contributed by atoms with Crippen LogP contribution in [0, 0.1) is 0 Å². The van der Waals surface area contributed by atoms with Gasteiger partial charge in [-0.05, 0) is 49.8 Å². The topological polar surface area (TPSA) is 77.1 Å². The molecule has 3 aromatic rings. The van der Waals surface area contributed by atoms with E-state index >= 15 is 0 Å². The highest BCUT2D eigenvalue weighted by Gasteiger charge is 2.24. The van der Waals surface area contributed by atoms with Gasteiger partial charge < -0.3 is 9.73 Å². The van der Waals surface area contributed by atoms with Crippen molar-refractivity contribution >= 4 is 39.2 Å². The minimum absolute atomic E-state index is 0.00877. The first kappa shape index (κ1) is 18.9. The number of rotatable bonds is 6. The van der Waals surface area contributed by atoms with Crippen molar-refractivity contribution in [1.82, 2.24) is 14.9 Å². The average molecular weight is 430 g/mol. The van der Waals surface area contributed by atoms with E-state index in [4.69, 9.17) is 9.40 Å². The highest BCUT2D eigenvalue weighted by molar-refractivity contribution is 7.99. The highest BCUT2D eigenvalue weighted by Crippen LogP contribution is 2.35. The van der Waals surface area contributed by atoms with Crippen molar-refractivity contribution in [2.75, 3.05) is 5.75 Å². The van der Waals surface area contributed by atoms with E-state index in [2.05, 4.69) is 5.32 Å². The molecule has 0 atom stereocenters. The molecule has 1 saturated carbocycles. The Balaban J connectivity index is 1.45. The van der Waals surface area contributed by atoms with Crippen molar-refractivity contribution in [2.24, 2.45) is 0 Å². The van der Waals surface area contributed by atoms with Crippen LogP contribution in [0.4, 0.5) is 0 Å². The number of aromatic nitrogens is 2. The maximum atomic E-state index is 13.4. The molecule has 0 spiro atoms. The fourth-order valence-electron chi connectivity index (χ4n) is 4.34. The Morgan fingerprint density at radius 3 is 2.97 bits per heavy atom. The minimum atomic E-state index is -0.0236. The minimum Gasteiger partial charge on any atom is -0.467 e. The first-order valence-electron chi connectivity index (χ1n) is 10.2. The molecule has 2 aliphatic carbocycles. The van der Waals surface area contributed by atoms with Crippen LogP contribution in [-0.4, -0.2) is 27.3 Å². The zero-order valence-electron chi connectivity index (χ0n) is 16.1. The zero-order chi connectivity index (χ0) is 19.8. The van der Waals surface area contributed by atoms with Crippen molar-refractivity contribution < 1.29 is 9.21 Å². The lowest BCUT2D eigenvalue weighted by Crippen LogP contribution is -2.34. The molecule has 0 unspecified atom stereocenters. The van der Waals surface area contributed by atoms with Crippen LogP contribution in [0.5, 0.6) is 0 Å². The Morgan fingerprint density at radius 1 is 1.31 bits per heavy atom. The Bertz CT molecular complexity index is 1090. The van der Waals surface area contributed by atoms with Gasteiger partial charge in [0.2, 0.25) is 5.91 Å². The Labute approximate surface area is 176 Å². The Hall–Kier alpha value is -2.06. The molecule has 6 nitrogen and oxygen atoms in total. The van der Waals surface area contributed by atoms with E-state index < -0.39 is 0 Å². The Morgan fingerprint density at radius 2 is 2.17 bits per heavy atom. The van der Waals surface area contributed by atoms with Crippen LogP contribution in [-0.2, 0) is 24.2 Å². The summed E-state index contributed by atoms with van der Waals surface area (Å²) in [5.41, 5.74) is 1.15. The molecule has 3 aromatic heterocycles. The second-order valence-corrected chi connectivity index (χ2v) is 9.77. The predicted octanol–water partition coefficient (Wildman–Crippen LogP) is 3.74. The summed E-state index contributed by atoms with van der Waals surface area (Å²) in [6.07, 6.45) is 9.17. The fraction of sp³-hybridized carbons (Fsp3) is 0.476. The third-order valence-electron chi connectivity index (χ3n) is 5.74. The number of nitrogens with one attached hydrogen (secondary N) is 1. The van der Waals surface area contributed by atoms with Crippen LogP contribution >= 0.6 is 23.1 Å². The van der Waals surface area contributed by atoms with Gasteiger partial charge in [0.05, 0.1) is 23.9 Å². The summed E-state index contributed by atoms with van der Waals surface area (Å²) in [7, 11) is 0. The number of carbonyl (C=O) groups excluding carboxylic acids is 1. The summed E-state index contributed by atoms with van der Waals surface area (Å²) in [4.78, 5) is 32.7. The van der Waals surface area contributed by atoms with E-state index in [1.807, 2.05) is 12.1 Å². The average Bonchev–Trinajstić information content (AvgIpc) is 3.47. The molecule has 0 bridgehead atoms. The molecular weight excluding hydrogens is 406 g/mol. The number of aryl methyl sites for hydroxylation is 2. The van der Waals surface area contributed by atoms with Crippen molar-refractivity contribution in [3.8, 4) is 0 Å². The number of fused-ring (bicyclic) bond motifs is 3. The molecule has 1 amide bonds. The quantitative estimate of drug-likeness (QED) is 0.477. The number of thiophene rings is 1. The molecule has 1 N–H and O–H groups in total. The molecule has 0 aromatic carbocycles. The molecule has 0 saturated heterocycles. The van der Waals surface area contributed by atoms with Gasteiger partial charge in [-0.2, -0.15) is 0 Å². The van der Waals surface area contributed by atoms with Gasteiger partial charge in [-0.25, -0.2) is 4.98 Å². The van der Waals surface area contributed by atoms with Crippen LogP contribution in [0.2, 0.25) is 0 Å². The first-order valence-corrected chi connectivity index (χ1v) is 12.0. The molecule has 1 fully saturated rings. The van der Waals surface area contributed by atoms with Crippen LogP contribution in [0.3, 0.4) is 0 Å². The lowest BCUT2D eigenvalue weighted by Gasteiger charge is -2.13. The predicted molar refractivity (Wildman–Crippen MR) is 115 cm³/mol. The van der Waals surface area contributed by atoms with Crippen LogP contribution in [0.1, 0.15) is 48.3 Å². The summed E-state index contributed by atoms with van der Waals surface area (Å²) < 4.78 is 7.14. The van der Waals surface area contributed by atoms with Gasteiger partial charge >= 0.3 is 0 Å². The van der Waals surface area contributed by atoms with Crippen LogP contribution in [0.25, 0.3) is 10.2 Å². The molecule has 152 valence electrons. The SMILES string of the molecule is O=C(CSc1nc2sc3c(c2c(=O)n1Cc1ccco1)CCC3)NC1CCCC1. The number of hydrogen-bond acceptors (Lipinski definition) is 6. The van der Waals surface area contributed by atoms with Crippen molar-refractivity contribution in [3.63, 3.8) is 0 Å². The summed E-state index contributed by atoms with van der Waals surface area (Å²) in [6, 6.07) is 3.97. The molecule has 0 aliphatic heterocycles. The largest absolute Gasteiger partial charge is 0.467 e. The third-order valence-corrected chi connectivity index (χ3v) is 7.90. The number of amides is 1. The second-order valence-electron chi connectivity index (χ2n) is 7.74. The molecule has 29 heavy (non-hydrogen) atoms. The maximum absolute atomic E-state index is 13.4. The summed E-state index contributed by atoms with van der Waals surface area (Å²) in [6.45, 7) is 0.325. The lowest BCUT2D eigenvalue weighted by atomic mass is 10.2. The van der Waals surface area contributed by atoms with Crippen molar-refractivity contribution in [1.29, 1.82) is 0 Å². The summed E-state index contributed by atoms with van der Waals surface area (Å²) in [5.74, 6) is 0.976.